The first kappa shape index (κ1) is 26.7. The van der Waals surface area contributed by atoms with Crippen LogP contribution in [0.15, 0.2) is 88.8 Å². The third-order valence-electron chi connectivity index (χ3n) is 7.98. The van der Waals surface area contributed by atoms with E-state index in [-0.39, 0.29) is 23.9 Å². The average molecular weight is 549 g/mol. The summed E-state index contributed by atoms with van der Waals surface area (Å²) in [5, 5.41) is 5.31. The summed E-state index contributed by atoms with van der Waals surface area (Å²) in [5.74, 6) is 1.37. The Morgan fingerprint density at radius 2 is 1.71 bits per heavy atom. The molecule has 0 unspecified atom stereocenters. The molecule has 1 aliphatic carbocycles. The van der Waals surface area contributed by atoms with Crippen LogP contribution in [0.5, 0.6) is 5.75 Å². The van der Waals surface area contributed by atoms with Crippen molar-refractivity contribution in [1.82, 2.24) is 14.2 Å². The maximum atomic E-state index is 13.9. The lowest BCUT2D eigenvalue weighted by molar-refractivity contribution is 0.300. The van der Waals surface area contributed by atoms with Gasteiger partial charge < -0.3 is 9.30 Å². The van der Waals surface area contributed by atoms with E-state index >= 15 is 0 Å². The molecule has 41 heavy (non-hydrogen) atoms. The lowest BCUT2D eigenvalue weighted by Crippen LogP contribution is -2.25. The van der Waals surface area contributed by atoms with Crippen LogP contribution in [0.25, 0.3) is 16.6 Å². The average Bonchev–Trinajstić information content (AvgIpc) is 3.29. The number of nitrogens with zero attached hydrogens (tertiary/aromatic N) is 4. The van der Waals surface area contributed by atoms with E-state index in [9.17, 15) is 9.18 Å². The van der Waals surface area contributed by atoms with Crippen molar-refractivity contribution in [2.45, 2.75) is 58.5 Å². The van der Waals surface area contributed by atoms with Gasteiger partial charge in [0.25, 0.3) is 5.56 Å². The van der Waals surface area contributed by atoms with Gasteiger partial charge in [0.1, 0.15) is 24.0 Å². The molecule has 0 N–H and O–H groups in total. The molecular formula is C34H33FN4O2. The van der Waals surface area contributed by atoms with Crippen LogP contribution in [0.1, 0.15) is 66.4 Å². The standard InChI is InChI=1S/C34H33FN4O2/c1-23-20-27(24(2)38(23)28-16-18-29(19-17-28)41-22-26-12-6-8-14-31(26)35)21-36-39-33(25-10-4-3-5-11-25)37-32-15-9-7-13-30(32)34(39)40/h6-9,12-21,25H,3-5,10-11,22H2,1-2H3. The Morgan fingerprint density at radius 3 is 2.49 bits per heavy atom. The van der Waals surface area contributed by atoms with E-state index in [2.05, 4.69) is 10.6 Å². The van der Waals surface area contributed by atoms with Gasteiger partial charge in [0.2, 0.25) is 0 Å². The van der Waals surface area contributed by atoms with Crippen LogP contribution in [0, 0.1) is 19.7 Å². The molecule has 1 fully saturated rings. The molecule has 0 spiro atoms. The van der Waals surface area contributed by atoms with Crippen molar-refractivity contribution >= 4 is 17.1 Å². The Balaban J connectivity index is 1.28. The van der Waals surface area contributed by atoms with Crippen molar-refractivity contribution in [2.75, 3.05) is 0 Å². The van der Waals surface area contributed by atoms with Gasteiger partial charge in [-0.2, -0.15) is 9.78 Å². The molecule has 0 bridgehead atoms. The third kappa shape index (κ3) is 5.44. The summed E-state index contributed by atoms with van der Waals surface area (Å²) in [6.45, 7) is 4.25. The van der Waals surface area contributed by atoms with E-state index in [4.69, 9.17) is 14.8 Å². The van der Waals surface area contributed by atoms with Gasteiger partial charge in [-0.1, -0.05) is 49.6 Å². The maximum absolute atomic E-state index is 13.9. The van der Waals surface area contributed by atoms with Gasteiger partial charge in [-0.25, -0.2) is 9.37 Å². The van der Waals surface area contributed by atoms with Crippen LogP contribution in [0.3, 0.4) is 0 Å². The molecule has 5 aromatic rings. The highest BCUT2D eigenvalue weighted by atomic mass is 19.1. The monoisotopic (exact) mass is 548 g/mol. The topological polar surface area (TPSA) is 61.4 Å². The molecule has 0 saturated heterocycles. The SMILES string of the molecule is Cc1cc(C=Nn2c(C3CCCCC3)nc3ccccc3c2=O)c(C)n1-c1ccc(OCc2ccccc2F)cc1. The van der Waals surface area contributed by atoms with Crippen LogP contribution >= 0.6 is 0 Å². The van der Waals surface area contributed by atoms with Crippen LogP contribution in [0.4, 0.5) is 4.39 Å². The molecule has 1 aliphatic rings. The van der Waals surface area contributed by atoms with Crippen molar-refractivity contribution in [3.63, 3.8) is 0 Å². The minimum absolute atomic E-state index is 0.132. The first-order valence-electron chi connectivity index (χ1n) is 14.2. The fourth-order valence-electron chi connectivity index (χ4n) is 5.78. The smallest absolute Gasteiger partial charge is 0.282 e. The quantitative estimate of drug-likeness (QED) is 0.199. The zero-order chi connectivity index (χ0) is 28.3. The number of hydrogen-bond donors (Lipinski definition) is 0. The molecule has 2 heterocycles. The van der Waals surface area contributed by atoms with E-state index in [1.54, 1.807) is 24.4 Å². The number of rotatable bonds is 7. The number of para-hydroxylation sites is 1. The van der Waals surface area contributed by atoms with E-state index in [0.29, 0.717) is 16.7 Å². The predicted octanol–water partition coefficient (Wildman–Crippen LogP) is 7.45. The Bertz CT molecular complexity index is 1780. The van der Waals surface area contributed by atoms with Gasteiger partial charge in [-0.15, -0.1) is 0 Å². The summed E-state index contributed by atoms with van der Waals surface area (Å²) in [5.41, 5.74) is 5.07. The highest BCUT2D eigenvalue weighted by molar-refractivity contribution is 5.82. The number of halogens is 1. The zero-order valence-corrected chi connectivity index (χ0v) is 23.4. The maximum Gasteiger partial charge on any atom is 0.282 e. The van der Waals surface area contributed by atoms with Crippen molar-refractivity contribution in [2.24, 2.45) is 5.10 Å². The number of benzene rings is 3. The number of fused-ring (bicyclic) bond motifs is 1. The van der Waals surface area contributed by atoms with E-state index in [1.165, 1.54) is 17.2 Å². The zero-order valence-electron chi connectivity index (χ0n) is 23.4. The second-order valence-corrected chi connectivity index (χ2v) is 10.7. The van der Waals surface area contributed by atoms with E-state index in [1.807, 2.05) is 62.4 Å². The fourth-order valence-corrected chi connectivity index (χ4v) is 5.78. The van der Waals surface area contributed by atoms with Crippen LogP contribution in [-0.4, -0.2) is 20.4 Å². The molecule has 1 saturated carbocycles. The molecule has 0 aliphatic heterocycles. The lowest BCUT2D eigenvalue weighted by atomic mass is 9.88. The first-order chi connectivity index (χ1) is 20.0. The molecular weight excluding hydrogens is 515 g/mol. The number of aryl methyl sites for hydroxylation is 1. The summed E-state index contributed by atoms with van der Waals surface area (Å²) in [4.78, 5) is 18.5. The second-order valence-electron chi connectivity index (χ2n) is 10.7. The van der Waals surface area contributed by atoms with Crippen molar-refractivity contribution in [3.8, 4) is 11.4 Å². The Labute approximate surface area is 238 Å². The minimum Gasteiger partial charge on any atom is -0.489 e. The van der Waals surface area contributed by atoms with Gasteiger partial charge in [0.15, 0.2) is 0 Å². The Morgan fingerprint density at radius 1 is 0.976 bits per heavy atom. The molecule has 7 heteroatoms. The van der Waals surface area contributed by atoms with E-state index in [0.717, 1.165) is 59.7 Å². The van der Waals surface area contributed by atoms with Crippen LogP contribution < -0.4 is 10.3 Å². The molecule has 2 aromatic heterocycles. The molecule has 0 atom stereocenters. The molecule has 0 radical (unpaired) electrons. The Hall–Kier alpha value is -4.52. The molecule has 6 nitrogen and oxygen atoms in total. The van der Waals surface area contributed by atoms with Crippen LogP contribution in [-0.2, 0) is 6.61 Å². The number of ether oxygens (including phenoxy) is 1. The van der Waals surface area contributed by atoms with Gasteiger partial charge in [0, 0.05) is 34.1 Å². The normalized spacial score (nSPS) is 14.2. The number of hydrogen-bond acceptors (Lipinski definition) is 4. The van der Waals surface area contributed by atoms with Crippen molar-refractivity contribution in [1.29, 1.82) is 0 Å². The molecule has 208 valence electrons. The van der Waals surface area contributed by atoms with Gasteiger partial charge >= 0.3 is 0 Å². The summed E-state index contributed by atoms with van der Waals surface area (Å²) < 4.78 is 23.4. The second kappa shape index (κ2) is 11.5. The molecule has 0 amide bonds. The predicted molar refractivity (Wildman–Crippen MR) is 161 cm³/mol. The van der Waals surface area contributed by atoms with Gasteiger partial charge in [0.05, 0.1) is 17.1 Å². The highest BCUT2D eigenvalue weighted by Crippen LogP contribution is 2.32. The third-order valence-corrected chi connectivity index (χ3v) is 7.98. The minimum atomic E-state index is -0.274. The Kier molecular flexibility index (Phi) is 7.51. The van der Waals surface area contributed by atoms with Crippen molar-refractivity contribution < 1.29 is 9.13 Å². The summed E-state index contributed by atoms with van der Waals surface area (Å²) in [7, 11) is 0. The van der Waals surface area contributed by atoms with Gasteiger partial charge in [-0.05, 0) is 75.2 Å². The van der Waals surface area contributed by atoms with E-state index < -0.39 is 0 Å². The van der Waals surface area contributed by atoms with Crippen molar-refractivity contribution in [3.05, 3.63) is 123 Å². The largest absolute Gasteiger partial charge is 0.489 e. The first-order valence-corrected chi connectivity index (χ1v) is 14.2. The fraction of sp³-hybridized carbons (Fsp3) is 0.265. The summed E-state index contributed by atoms with van der Waals surface area (Å²) in [6.07, 6.45) is 7.33. The van der Waals surface area contributed by atoms with Crippen LogP contribution in [0.2, 0.25) is 0 Å². The molecule has 3 aromatic carbocycles. The highest BCUT2D eigenvalue weighted by Gasteiger charge is 2.22. The summed E-state index contributed by atoms with van der Waals surface area (Å²) >= 11 is 0. The lowest BCUT2D eigenvalue weighted by Gasteiger charge is -2.22. The summed E-state index contributed by atoms with van der Waals surface area (Å²) in [6, 6.07) is 23.9. The molecule has 6 rings (SSSR count). The van der Waals surface area contributed by atoms with Gasteiger partial charge in [-0.3, -0.25) is 4.79 Å². The number of aromatic nitrogens is 3.